The third-order valence-electron chi connectivity index (χ3n) is 1.93. The summed E-state index contributed by atoms with van der Waals surface area (Å²) in [5.74, 6) is -5.06. The molecule has 1 rings (SSSR count). The second-order valence-corrected chi connectivity index (χ2v) is 2.99. The van der Waals surface area contributed by atoms with Gasteiger partial charge in [0.15, 0.2) is 0 Å². The van der Waals surface area contributed by atoms with Crippen molar-refractivity contribution in [2.24, 2.45) is 0 Å². The third kappa shape index (κ3) is 1.96. The van der Waals surface area contributed by atoms with Crippen molar-refractivity contribution in [2.75, 3.05) is 0 Å². The third-order valence-corrected chi connectivity index (χ3v) is 1.93. The normalized spacial score (nSPS) is 13.7. The van der Waals surface area contributed by atoms with Gasteiger partial charge in [0.2, 0.25) is 5.78 Å². The summed E-state index contributed by atoms with van der Waals surface area (Å²) in [6.45, 7) is 0.756. The summed E-state index contributed by atoms with van der Waals surface area (Å²) in [6.07, 6.45) is -2.07. The minimum atomic E-state index is -3.72. The van der Waals surface area contributed by atoms with Crippen LogP contribution in [0.1, 0.15) is 18.6 Å². The number of halogens is 2. The number of Topliss-reactive ketones (excluding diaryl/α,β-unsaturated/α-hetero) is 1. The monoisotopic (exact) mass is 200 g/mol. The van der Waals surface area contributed by atoms with Crippen molar-refractivity contribution in [1.82, 2.24) is 0 Å². The van der Waals surface area contributed by atoms with Crippen LogP contribution in [0.5, 0.6) is 0 Å². The summed E-state index contributed by atoms with van der Waals surface area (Å²) in [5, 5.41) is 9.25. The molecule has 0 spiro atoms. The van der Waals surface area contributed by atoms with E-state index in [1.54, 1.807) is 6.07 Å². The molecule has 0 saturated carbocycles. The van der Waals surface area contributed by atoms with Crippen molar-refractivity contribution in [2.45, 2.75) is 19.0 Å². The van der Waals surface area contributed by atoms with Gasteiger partial charge in [-0.05, 0) is 5.56 Å². The van der Waals surface area contributed by atoms with Gasteiger partial charge in [0, 0.05) is 6.92 Å². The first kappa shape index (κ1) is 10.8. The molecular weight excluding hydrogens is 190 g/mol. The summed E-state index contributed by atoms with van der Waals surface area (Å²) in [4.78, 5) is 10.6. The first-order valence-electron chi connectivity index (χ1n) is 4.08. The summed E-state index contributed by atoms with van der Waals surface area (Å²) in [7, 11) is 0. The van der Waals surface area contributed by atoms with Gasteiger partial charge in [0.05, 0.1) is 0 Å². The van der Waals surface area contributed by atoms with Gasteiger partial charge in [-0.2, -0.15) is 8.78 Å². The molecule has 0 aromatic heterocycles. The van der Waals surface area contributed by atoms with Crippen LogP contribution < -0.4 is 0 Å². The van der Waals surface area contributed by atoms with Crippen LogP contribution in [-0.4, -0.2) is 16.8 Å². The lowest BCUT2D eigenvalue weighted by atomic mass is 10.0. The molecule has 0 amide bonds. The van der Waals surface area contributed by atoms with Gasteiger partial charge in [-0.15, -0.1) is 0 Å². The molecule has 0 radical (unpaired) electrons. The lowest BCUT2D eigenvalue weighted by Crippen LogP contribution is -2.33. The molecule has 14 heavy (non-hydrogen) atoms. The van der Waals surface area contributed by atoms with Crippen molar-refractivity contribution in [3.05, 3.63) is 35.9 Å². The first-order valence-corrected chi connectivity index (χ1v) is 4.08. The van der Waals surface area contributed by atoms with Gasteiger partial charge >= 0.3 is 5.92 Å². The van der Waals surface area contributed by atoms with E-state index in [1.165, 1.54) is 24.3 Å². The molecule has 1 N–H and O–H groups in total. The molecule has 0 aliphatic heterocycles. The van der Waals surface area contributed by atoms with E-state index in [0.29, 0.717) is 0 Å². The van der Waals surface area contributed by atoms with E-state index < -0.39 is 17.8 Å². The molecule has 1 unspecified atom stereocenters. The molecule has 0 aliphatic rings. The summed E-state index contributed by atoms with van der Waals surface area (Å²) >= 11 is 0. The number of benzene rings is 1. The van der Waals surface area contributed by atoms with Crippen LogP contribution in [0.4, 0.5) is 8.78 Å². The highest BCUT2D eigenvalue weighted by molar-refractivity contribution is 5.84. The Labute approximate surface area is 80.2 Å². The van der Waals surface area contributed by atoms with Crippen molar-refractivity contribution >= 4 is 5.78 Å². The van der Waals surface area contributed by atoms with E-state index in [-0.39, 0.29) is 5.56 Å². The quantitative estimate of drug-likeness (QED) is 0.809. The highest BCUT2D eigenvalue weighted by Gasteiger charge is 2.44. The Morgan fingerprint density at radius 2 is 1.86 bits per heavy atom. The van der Waals surface area contributed by atoms with Crippen molar-refractivity contribution < 1.29 is 18.7 Å². The van der Waals surface area contributed by atoms with Gasteiger partial charge < -0.3 is 5.11 Å². The van der Waals surface area contributed by atoms with Gasteiger partial charge in [-0.25, -0.2) is 0 Å². The number of aliphatic hydroxyl groups is 1. The Morgan fingerprint density at radius 1 is 1.36 bits per heavy atom. The molecule has 4 heteroatoms. The average molecular weight is 200 g/mol. The molecule has 1 aromatic rings. The van der Waals surface area contributed by atoms with Crippen LogP contribution in [0.2, 0.25) is 0 Å². The predicted octanol–water partition coefficient (Wildman–Crippen LogP) is 1.94. The number of aliphatic hydroxyl groups excluding tert-OH is 1. The van der Waals surface area contributed by atoms with Gasteiger partial charge in [-0.1, -0.05) is 30.3 Å². The van der Waals surface area contributed by atoms with Crippen LogP contribution in [-0.2, 0) is 4.79 Å². The Kier molecular flexibility index (Phi) is 2.96. The summed E-state index contributed by atoms with van der Waals surface area (Å²) < 4.78 is 26.1. The van der Waals surface area contributed by atoms with E-state index in [1.807, 2.05) is 0 Å². The molecular formula is C10H10F2O2. The van der Waals surface area contributed by atoms with E-state index in [2.05, 4.69) is 0 Å². The Morgan fingerprint density at radius 3 is 2.29 bits per heavy atom. The summed E-state index contributed by atoms with van der Waals surface area (Å²) in [5.41, 5.74) is 0.0349. The molecule has 76 valence electrons. The second-order valence-electron chi connectivity index (χ2n) is 2.99. The molecule has 0 bridgehead atoms. The lowest BCUT2D eigenvalue weighted by molar-refractivity contribution is -0.159. The number of carbonyl (C=O) groups excluding carboxylic acids is 1. The molecule has 1 atom stereocenters. The lowest BCUT2D eigenvalue weighted by Gasteiger charge is -2.19. The molecule has 0 heterocycles. The molecule has 0 fully saturated rings. The fourth-order valence-electron chi connectivity index (χ4n) is 1.04. The van der Waals surface area contributed by atoms with Gasteiger partial charge in [-0.3, -0.25) is 4.79 Å². The smallest absolute Gasteiger partial charge is 0.334 e. The minimum absolute atomic E-state index is 0.0349. The predicted molar refractivity (Wildman–Crippen MR) is 47.0 cm³/mol. The molecule has 1 aromatic carbocycles. The largest absolute Gasteiger partial charge is 0.382 e. The highest BCUT2D eigenvalue weighted by Crippen LogP contribution is 2.31. The van der Waals surface area contributed by atoms with Gasteiger partial charge in [0.1, 0.15) is 6.10 Å². The zero-order valence-corrected chi connectivity index (χ0v) is 7.58. The van der Waals surface area contributed by atoms with Crippen LogP contribution in [0.3, 0.4) is 0 Å². The van der Waals surface area contributed by atoms with Crippen LogP contribution in [0, 0.1) is 0 Å². The standard InChI is InChI=1S/C10H10F2O2/c1-7(13)10(11,12)9(14)8-5-3-2-4-6-8/h2-6,9,14H,1H3. The number of hydrogen-bond acceptors (Lipinski definition) is 2. The summed E-state index contributed by atoms with van der Waals surface area (Å²) in [6, 6.07) is 7.38. The second kappa shape index (κ2) is 3.84. The van der Waals surface area contributed by atoms with Crippen molar-refractivity contribution in [3.8, 4) is 0 Å². The van der Waals surface area contributed by atoms with Gasteiger partial charge in [0.25, 0.3) is 0 Å². The SMILES string of the molecule is CC(=O)C(F)(F)C(O)c1ccccc1. The van der Waals surface area contributed by atoms with Crippen molar-refractivity contribution in [3.63, 3.8) is 0 Å². The number of ketones is 1. The minimum Gasteiger partial charge on any atom is -0.382 e. The molecule has 2 nitrogen and oxygen atoms in total. The van der Waals surface area contributed by atoms with Crippen LogP contribution in [0.15, 0.2) is 30.3 Å². The fraction of sp³-hybridized carbons (Fsp3) is 0.300. The maximum atomic E-state index is 13.0. The Bertz CT molecular complexity index is 322. The molecule has 0 saturated heterocycles. The zero-order valence-electron chi connectivity index (χ0n) is 7.58. The van der Waals surface area contributed by atoms with E-state index in [4.69, 9.17) is 0 Å². The van der Waals surface area contributed by atoms with Crippen LogP contribution in [0.25, 0.3) is 0 Å². The Balaban J connectivity index is 2.96. The van der Waals surface area contributed by atoms with E-state index >= 15 is 0 Å². The molecule has 0 aliphatic carbocycles. The number of hydrogen-bond donors (Lipinski definition) is 1. The average Bonchev–Trinajstić information content (AvgIpc) is 2.17. The van der Waals surface area contributed by atoms with Crippen molar-refractivity contribution in [1.29, 1.82) is 0 Å². The maximum absolute atomic E-state index is 13.0. The van der Waals surface area contributed by atoms with E-state index in [0.717, 1.165) is 6.92 Å². The maximum Gasteiger partial charge on any atom is 0.334 e. The number of rotatable bonds is 3. The number of alkyl halides is 2. The van der Waals surface area contributed by atoms with Crippen LogP contribution >= 0.6 is 0 Å². The zero-order chi connectivity index (χ0) is 10.8. The highest BCUT2D eigenvalue weighted by atomic mass is 19.3. The van der Waals surface area contributed by atoms with E-state index in [9.17, 15) is 18.7 Å². The topological polar surface area (TPSA) is 37.3 Å². The first-order chi connectivity index (χ1) is 6.46. The Hall–Kier alpha value is -1.29. The fourth-order valence-corrected chi connectivity index (χ4v) is 1.04. The number of carbonyl (C=O) groups is 1.